The van der Waals surface area contributed by atoms with Gasteiger partial charge in [0.25, 0.3) is 0 Å². The van der Waals surface area contributed by atoms with Gasteiger partial charge in [-0.05, 0) is 30.9 Å². The van der Waals surface area contributed by atoms with Crippen molar-refractivity contribution in [1.29, 1.82) is 0 Å². The highest BCUT2D eigenvalue weighted by atomic mass is 127. The third kappa shape index (κ3) is 7.54. The maximum absolute atomic E-state index is 11.5. The van der Waals surface area contributed by atoms with Crippen LogP contribution < -0.4 is 15.4 Å². The summed E-state index contributed by atoms with van der Waals surface area (Å²) in [6.45, 7) is 2.84. The number of hydrogen-bond donors (Lipinski definition) is 2. The number of carbonyl (C=O) groups is 1. The van der Waals surface area contributed by atoms with Gasteiger partial charge in [0.1, 0.15) is 17.4 Å². The first-order valence-corrected chi connectivity index (χ1v) is 9.53. The lowest BCUT2D eigenvalue weighted by Gasteiger charge is -2.34. The van der Waals surface area contributed by atoms with E-state index in [-0.39, 0.29) is 29.9 Å². The Morgan fingerprint density at radius 2 is 2.04 bits per heavy atom. The van der Waals surface area contributed by atoms with Crippen LogP contribution in [0.2, 0.25) is 10.0 Å². The number of carbonyl (C=O) groups excluding carboxylic acids is 1. The average Bonchev–Trinajstić information content (AvgIpc) is 2.66. The second kappa shape index (κ2) is 12.5. The minimum absolute atomic E-state index is 0. The predicted octanol–water partition coefficient (Wildman–Crippen LogP) is 3.41. The van der Waals surface area contributed by atoms with Crippen LogP contribution in [0.4, 0.5) is 0 Å². The fourth-order valence-electron chi connectivity index (χ4n) is 2.96. The molecule has 2 rings (SSSR count). The Hall–Kier alpha value is -0.930. The predicted molar refractivity (Wildman–Crippen MR) is 122 cm³/mol. The molecule has 1 aliphatic heterocycles. The minimum atomic E-state index is 0. The first-order chi connectivity index (χ1) is 12.5. The van der Waals surface area contributed by atoms with Gasteiger partial charge in [-0.3, -0.25) is 9.79 Å². The lowest BCUT2D eigenvalue weighted by atomic mass is 9.93. The third-order valence-corrected chi connectivity index (χ3v) is 5.24. The molecule has 1 aliphatic rings. The zero-order valence-electron chi connectivity index (χ0n) is 15.6. The molecule has 0 atom stereocenters. The van der Waals surface area contributed by atoms with E-state index in [9.17, 15) is 4.79 Å². The van der Waals surface area contributed by atoms with Gasteiger partial charge >= 0.3 is 0 Å². The highest BCUT2D eigenvalue weighted by Gasteiger charge is 2.22. The van der Waals surface area contributed by atoms with E-state index >= 15 is 0 Å². The Kier molecular flexibility index (Phi) is 11.2. The Labute approximate surface area is 188 Å². The molecule has 9 heteroatoms. The smallest absolute Gasteiger partial charge is 0.220 e. The number of likely N-dealkylation sites (tertiary alicyclic amines) is 1. The first kappa shape index (κ1) is 24.1. The van der Waals surface area contributed by atoms with E-state index in [4.69, 9.17) is 27.9 Å². The molecule has 152 valence electrons. The fraction of sp³-hybridized carbons (Fsp3) is 0.556. The van der Waals surface area contributed by atoms with Crippen LogP contribution in [0.1, 0.15) is 19.3 Å². The quantitative estimate of drug-likeness (QED) is 0.257. The van der Waals surface area contributed by atoms with Gasteiger partial charge in [0.15, 0.2) is 5.96 Å². The van der Waals surface area contributed by atoms with Gasteiger partial charge in [0.2, 0.25) is 5.91 Å². The Bertz CT molecular complexity index is 638. The van der Waals surface area contributed by atoms with E-state index in [0.717, 1.165) is 31.9 Å². The summed E-state index contributed by atoms with van der Waals surface area (Å²) in [5.41, 5.74) is 0. The Balaban J connectivity index is 0.00000364. The second-order valence-corrected chi connectivity index (χ2v) is 6.97. The van der Waals surface area contributed by atoms with Crippen molar-refractivity contribution in [2.24, 2.45) is 10.9 Å². The van der Waals surface area contributed by atoms with Crippen LogP contribution in [0.25, 0.3) is 0 Å². The first-order valence-electron chi connectivity index (χ1n) is 8.78. The summed E-state index contributed by atoms with van der Waals surface area (Å²) in [4.78, 5) is 18.1. The second-order valence-electron chi connectivity index (χ2n) is 6.18. The highest BCUT2D eigenvalue weighted by molar-refractivity contribution is 14.0. The highest BCUT2D eigenvalue weighted by Crippen LogP contribution is 2.31. The number of hydrogen-bond acceptors (Lipinski definition) is 3. The van der Waals surface area contributed by atoms with Crippen molar-refractivity contribution >= 4 is 59.0 Å². The summed E-state index contributed by atoms with van der Waals surface area (Å²) in [6.07, 6.45) is 2.58. The number of benzene rings is 1. The van der Waals surface area contributed by atoms with Crippen LogP contribution in [0.15, 0.2) is 23.2 Å². The van der Waals surface area contributed by atoms with Gasteiger partial charge < -0.3 is 20.3 Å². The number of aliphatic imine (C=N–C) groups is 1. The SMILES string of the molecule is CN=C(NCCOc1cccc(Cl)c1Cl)N1CCC(CC(=O)NC)CC1.I. The zero-order chi connectivity index (χ0) is 18.9. The molecule has 6 nitrogen and oxygen atoms in total. The standard InChI is InChI=1S/C18H26Cl2N4O2.HI/c1-21-16(25)12-13-6-9-24(10-7-13)18(22-2)23-8-11-26-15-5-3-4-14(19)17(15)20;/h3-5,13H,6-12H2,1-2H3,(H,21,25)(H,22,23);1H. The van der Waals surface area contributed by atoms with Crippen LogP contribution in [0.3, 0.4) is 0 Å². The summed E-state index contributed by atoms with van der Waals surface area (Å²) in [6, 6.07) is 5.32. The molecule has 0 spiro atoms. The van der Waals surface area contributed by atoms with Gasteiger partial charge in [0.05, 0.1) is 11.6 Å². The van der Waals surface area contributed by atoms with Crippen LogP contribution >= 0.6 is 47.2 Å². The van der Waals surface area contributed by atoms with Crippen molar-refractivity contribution in [2.75, 3.05) is 40.3 Å². The number of nitrogens with one attached hydrogen (secondary N) is 2. The van der Waals surface area contributed by atoms with E-state index in [2.05, 4.69) is 20.5 Å². The van der Waals surface area contributed by atoms with Crippen LogP contribution in [0.5, 0.6) is 5.75 Å². The fourth-order valence-corrected chi connectivity index (χ4v) is 3.31. The molecule has 1 aromatic rings. The average molecular weight is 529 g/mol. The van der Waals surface area contributed by atoms with Gasteiger partial charge in [-0.25, -0.2) is 0 Å². The number of nitrogens with zero attached hydrogens (tertiary/aromatic N) is 2. The normalized spacial score (nSPS) is 15.1. The molecule has 0 saturated carbocycles. The monoisotopic (exact) mass is 528 g/mol. The number of guanidine groups is 1. The topological polar surface area (TPSA) is 66.0 Å². The van der Waals surface area contributed by atoms with Crippen LogP contribution in [-0.2, 0) is 4.79 Å². The summed E-state index contributed by atoms with van der Waals surface area (Å²) in [7, 11) is 3.45. The van der Waals surface area contributed by atoms with Crippen molar-refractivity contribution in [3.63, 3.8) is 0 Å². The largest absolute Gasteiger partial charge is 0.490 e. The molecular weight excluding hydrogens is 502 g/mol. The lowest BCUT2D eigenvalue weighted by Crippen LogP contribution is -2.46. The van der Waals surface area contributed by atoms with Gasteiger partial charge in [0, 0.05) is 33.6 Å². The molecule has 1 fully saturated rings. The molecule has 1 aromatic carbocycles. The van der Waals surface area contributed by atoms with E-state index in [1.807, 2.05) is 0 Å². The van der Waals surface area contributed by atoms with Crippen molar-refractivity contribution in [3.8, 4) is 5.75 Å². The van der Waals surface area contributed by atoms with Gasteiger partial charge in [-0.2, -0.15) is 0 Å². The van der Waals surface area contributed by atoms with Gasteiger partial charge in [-0.1, -0.05) is 29.3 Å². The van der Waals surface area contributed by atoms with E-state index in [0.29, 0.717) is 41.3 Å². The molecule has 1 amide bonds. The molecule has 0 bridgehead atoms. The Morgan fingerprint density at radius 1 is 1.33 bits per heavy atom. The maximum Gasteiger partial charge on any atom is 0.220 e. The minimum Gasteiger partial charge on any atom is -0.490 e. The Morgan fingerprint density at radius 3 is 2.67 bits per heavy atom. The maximum atomic E-state index is 11.5. The molecule has 0 unspecified atom stereocenters. The van der Waals surface area contributed by atoms with Crippen molar-refractivity contribution in [3.05, 3.63) is 28.2 Å². The number of amides is 1. The summed E-state index contributed by atoms with van der Waals surface area (Å²) in [5.74, 6) is 1.98. The molecule has 0 radical (unpaired) electrons. The van der Waals surface area contributed by atoms with E-state index in [1.54, 1.807) is 32.3 Å². The van der Waals surface area contributed by atoms with Crippen LogP contribution in [0, 0.1) is 5.92 Å². The third-order valence-electron chi connectivity index (χ3n) is 4.44. The number of rotatable bonds is 6. The number of ether oxygens (including phenoxy) is 1. The van der Waals surface area contributed by atoms with Crippen molar-refractivity contribution in [2.45, 2.75) is 19.3 Å². The molecule has 0 aliphatic carbocycles. The van der Waals surface area contributed by atoms with Crippen molar-refractivity contribution < 1.29 is 9.53 Å². The molecule has 27 heavy (non-hydrogen) atoms. The van der Waals surface area contributed by atoms with Gasteiger partial charge in [-0.15, -0.1) is 24.0 Å². The zero-order valence-corrected chi connectivity index (χ0v) is 19.5. The van der Waals surface area contributed by atoms with Crippen LogP contribution in [-0.4, -0.2) is 57.1 Å². The molecular formula is C18H27Cl2IN4O2. The summed E-state index contributed by atoms with van der Waals surface area (Å²) in [5, 5.41) is 6.91. The molecule has 0 aromatic heterocycles. The summed E-state index contributed by atoms with van der Waals surface area (Å²) >= 11 is 12.1. The van der Waals surface area contributed by atoms with E-state index < -0.39 is 0 Å². The number of piperidine rings is 1. The number of halogens is 3. The lowest BCUT2D eigenvalue weighted by molar-refractivity contribution is -0.121. The van der Waals surface area contributed by atoms with E-state index in [1.165, 1.54) is 0 Å². The summed E-state index contributed by atoms with van der Waals surface area (Å²) < 4.78 is 5.68. The molecule has 1 saturated heterocycles. The molecule has 1 heterocycles. The molecule has 2 N–H and O–H groups in total. The van der Waals surface area contributed by atoms with Crippen molar-refractivity contribution in [1.82, 2.24) is 15.5 Å².